The summed E-state index contributed by atoms with van der Waals surface area (Å²) in [6.45, 7) is 2.32. The first-order chi connectivity index (χ1) is 20.5. The van der Waals surface area contributed by atoms with E-state index in [1.54, 1.807) is 17.9 Å². The molecule has 0 aliphatic heterocycles. The molecule has 0 bridgehead atoms. The van der Waals surface area contributed by atoms with E-state index in [4.69, 9.17) is 9.47 Å². The summed E-state index contributed by atoms with van der Waals surface area (Å²) in [6, 6.07) is 8.38. The average molecular weight is 607 g/mol. The number of nitriles is 1. The van der Waals surface area contributed by atoms with Crippen molar-refractivity contribution in [2.75, 3.05) is 32.2 Å². The van der Waals surface area contributed by atoms with Crippen LogP contribution in [0.15, 0.2) is 40.6 Å². The van der Waals surface area contributed by atoms with Crippen molar-refractivity contribution in [2.24, 2.45) is 10.2 Å². The van der Waals surface area contributed by atoms with Crippen LogP contribution >= 0.6 is 0 Å². The number of ether oxygens (including phenoxy) is 3. The third-order valence-corrected chi connectivity index (χ3v) is 5.97. The summed E-state index contributed by atoms with van der Waals surface area (Å²) in [7, 11) is 2.74. The molecule has 0 saturated heterocycles. The van der Waals surface area contributed by atoms with Gasteiger partial charge in [0.1, 0.15) is 28.9 Å². The summed E-state index contributed by atoms with van der Waals surface area (Å²) in [5, 5.41) is 28.4. The van der Waals surface area contributed by atoms with Crippen molar-refractivity contribution < 1.29 is 45.9 Å². The molecule has 0 amide bonds. The maximum atomic E-state index is 13.8. The predicted octanol–water partition coefficient (Wildman–Crippen LogP) is 6.81. The first kappa shape index (κ1) is 32.2. The minimum Gasteiger partial charge on any atom is -0.494 e. The van der Waals surface area contributed by atoms with E-state index in [1.165, 1.54) is 32.4 Å². The third kappa shape index (κ3) is 7.12. The molecule has 226 valence electrons. The van der Waals surface area contributed by atoms with Gasteiger partial charge in [0, 0.05) is 43.8 Å². The predicted molar refractivity (Wildman–Crippen MR) is 141 cm³/mol. The molecule has 0 atom stereocenters. The van der Waals surface area contributed by atoms with Crippen molar-refractivity contribution in [3.05, 3.63) is 75.1 Å². The lowest BCUT2D eigenvalue weighted by atomic mass is 10.2. The van der Waals surface area contributed by atoms with Crippen LogP contribution in [0.25, 0.3) is 0 Å². The van der Waals surface area contributed by atoms with Crippen LogP contribution in [0.3, 0.4) is 0 Å². The lowest BCUT2D eigenvalue weighted by Crippen LogP contribution is -2.25. The van der Waals surface area contributed by atoms with Crippen molar-refractivity contribution in [3.63, 3.8) is 0 Å². The molecule has 0 aliphatic rings. The second-order valence-electron chi connectivity index (χ2n) is 8.52. The molecule has 0 saturated carbocycles. The van der Waals surface area contributed by atoms with E-state index in [9.17, 15) is 42.1 Å². The summed E-state index contributed by atoms with van der Waals surface area (Å²) in [5.41, 5.74) is 0.391. The van der Waals surface area contributed by atoms with Crippen LogP contribution in [0.4, 0.5) is 44.7 Å². The Morgan fingerprint density at radius 2 is 1.56 bits per heavy atom. The number of rotatable bonds is 12. The first-order valence-electron chi connectivity index (χ1n) is 12.3. The second kappa shape index (κ2) is 14.0. The van der Waals surface area contributed by atoms with Crippen LogP contribution in [0.5, 0.6) is 17.2 Å². The van der Waals surface area contributed by atoms with Crippen molar-refractivity contribution in [2.45, 2.75) is 19.8 Å². The summed E-state index contributed by atoms with van der Waals surface area (Å²) in [5.74, 6) is -13.7. The first-order valence-corrected chi connectivity index (χ1v) is 12.3. The number of hydrogen-bond donors (Lipinski definition) is 0. The molecular formula is C27H22F5N5O6. The number of nitrogens with zero attached hydrogens (tertiary/aromatic N) is 5. The number of carbonyl (C=O) groups is 1. The normalized spacial score (nSPS) is 10.9. The molecule has 0 spiro atoms. The van der Waals surface area contributed by atoms with Crippen LogP contribution in [-0.4, -0.2) is 38.2 Å². The number of benzene rings is 3. The molecule has 16 heteroatoms. The molecule has 0 N–H and O–H groups in total. The molecule has 0 aromatic heterocycles. The molecule has 11 nitrogen and oxygen atoms in total. The van der Waals surface area contributed by atoms with Gasteiger partial charge in [-0.15, -0.1) is 10.2 Å². The maximum Gasteiger partial charge on any atom is 0.311 e. The summed E-state index contributed by atoms with van der Waals surface area (Å²) >= 11 is 0. The number of methoxy groups -OCH3 is 2. The van der Waals surface area contributed by atoms with Gasteiger partial charge in [-0.05, 0) is 19.4 Å². The fourth-order valence-electron chi connectivity index (χ4n) is 3.82. The molecule has 3 rings (SSSR count). The zero-order chi connectivity index (χ0) is 31.8. The molecule has 0 aliphatic carbocycles. The fourth-order valence-corrected chi connectivity index (χ4v) is 3.82. The minimum absolute atomic E-state index is 0.0477. The van der Waals surface area contributed by atoms with Crippen molar-refractivity contribution in [1.82, 2.24) is 0 Å². The highest BCUT2D eigenvalue weighted by molar-refractivity contribution is 5.73. The van der Waals surface area contributed by atoms with Gasteiger partial charge in [0.2, 0.25) is 34.8 Å². The number of anilines is 1. The minimum atomic E-state index is -2.37. The van der Waals surface area contributed by atoms with Crippen molar-refractivity contribution >= 4 is 28.7 Å². The highest BCUT2D eigenvalue weighted by atomic mass is 19.2. The summed E-state index contributed by atoms with van der Waals surface area (Å²) in [4.78, 5) is 24.2. The lowest BCUT2D eigenvalue weighted by Gasteiger charge is -2.26. The molecule has 3 aromatic rings. The zero-order valence-corrected chi connectivity index (χ0v) is 22.8. The Kier molecular flexibility index (Phi) is 10.5. The largest absolute Gasteiger partial charge is 0.494 e. The van der Waals surface area contributed by atoms with E-state index in [1.807, 2.05) is 6.07 Å². The van der Waals surface area contributed by atoms with Crippen LogP contribution in [0.1, 0.15) is 25.3 Å². The Bertz CT molecular complexity index is 1600. The highest BCUT2D eigenvalue weighted by Crippen LogP contribution is 2.41. The quantitative estimate of drug-likeness (QED) is 0.0320. The highest BCUT2D eigenvalue weighted by Gasteiger charge is 2.28. The van der Waals surface area contributed by atoms with Gasteiger partial charge in [-0.2, -0.15) is 14.0 Å². The monoisotopic (exact) mass is 607 g/mol. The number of hydrogen-bond acceptors (Lipinski definition) is 10. The van der Waals surface area contributed by atoms with E-state index in [2.05, 4.69) is 15.0 Å². The van der Waals surface area contributed by atoms with Crippen molar-refractivity contribution in [1.29, 1.82) is 5.26 Å². The Balaban J connectivity index is 1.78. The number of carbonyl (C=O) groups excluding carboxylic acids is 1. The van der Waals surface area contributed by atoms with Gasteiger partial charge < -0.3 is 19.1 Å². The molecule has 0 radical (unpaired) electrons. The molecule has 43 heavy (non-hydrogen) atoms. The third-order valence-electron chi connectivity index (χ3n) is 5.97. The number of esters is 1. The number of azo groups is 1. The zero-order valence-electron chi connectivity index (χ0n) is 22.8. The Morgan fingerprint density at radius 1 is 0.953 bits per heavy atom. The Hall–Kier alpha value is -5.33. The van der Waals surface area contributed by atoms with Crippen LogP contribution in [-0.2, 0) is 4.79 Å². The van der Waals surface area contributed by atoms with Crippen molar-refractivity contribution in [3.8, 4) is 23.3 Å². The Labute approximate surface area is 240 Å². The van der Waals surface area contributed by atoms with Gasteiger partial charge in [0.05, 0.1) is 30.4 Å². The average Bonchev–Trinajstić information content (AvgIpc) is 3.01. The van der Waals surface area contributed by atoms with E-state index in [0.717, 1.165) is 6.07 Å². The number of halogens is 5. The van der Waals surface area contributed by atoms with E-state index in [-0.39, 0.29) is 41.3 Å². The number of non-ortho nitro benzene ring substituents is 1. The van der Waals surface area contributed by atoms with Gasteiger partial charge in [-0.1, -0.05) is 0 Å². The van der Waals surface area contributed by atoms with Gasteiger partial charge in [0.15, 0.2) is 0 Å². The molecule has 0 heterocycles. The van der Waals surface area contributed by atoms with Crippen LogP contribution in [0, 0.1) is 50.5 Å². The fraction of sp³-hybridized carbons (Fsp3) is 0.259. The topological polar surface area (TPSA) is 140 Å². The van der Waals surface area contributed by atoms with Gasteiger partial charge in [-0.3, -0.25) is 14.9 Å². The summed E-state index contributed by atoms with van der Waals surface area (Å²) in [6.07, 6.45) is -0.385. The molecule has 0 fully saturated rings. The molecular weight excluding hydrogens is 585 g/mol. The molecule has 0 unspecified atom stereocenters. The SMILES string of the molecule is CCN(CCCC(=O)Oc1c(F)c(F)c(F)c(F)c1F)c1cc(OC)c(N=Nc2ccc([N+](=O)[O-])cc2C#N)cc1OC. The van der Waals surface area contributed by atoms with Crippen LogP contribution in [0.2, 0.25) is 0 Å². The lowest BCUT2D eigenvalue weighted by molar-refractivity contribution is -0.384. The maximum absolute atomic E-state index is 13.8. The standard InChI is InChI=1S/C27H22F5N5O6/c1-4-36(9-5-6-21(38)43-27-25(31)23(29)22(28)24(30)26(27)32)18-12-19(41-2)17(11-20(18)42-3)35-34-16-8-7-15(37(39)40)10-14(16)13-33/h7-8,10-12H,4-6,9H2,1-3H3. The summed E-state index contributed by atoms with van der Waals surface area (Å²) < 4.78 is 83.0. The molecule has 3 aromatic carbocycles. The van der Waals surface area contributed by atoms with E-state index in [0.29, 0.717) is 18.0 Å². The Morgan fingerprint density at radius 3 is 2.12 bits per heavy atom. The van der Waals surface area contributed by atoms with Gasteiger partial charge in [-0.25, -0.2) is 13.2 Å². The second-order valence-corrected chi connectivity index (χ2v) is 8.52. The van der Waals surface area contributed by atoms with E-state index < -0.39 is 52.1 Å². The van der Waals surface area contributed by atoms with Gasteiger partial charge >= 0.3 is 5.97 Å². The van der Waals surface area contributed by atoms with Gasteiger partial charge in [0.25, 0.3) is 5.69 Å². The number of nitro groups is 1. The van der Waals surface area contributed by atoms with E-state index >= 15 is 0 Å². The van der Waals surface area contributed by atoms with Crippen LogP contribution < -0.4 is 19.1 Å². The number of nitro benzene ring substituents is 1. The smallest absolute Gasteiger partial charge is 0.311 e.